The second-order valence-electron chi connectivity index (χ2n) is 4.09. The van der Waals surface area contributed by atoms with Crippen molar-refractivity contribution in [2.24, 2.45) is 0 Å². The number of rotatable bonds is 2. The standard InChI is InChI=1S/C11H11ClN4O2/c12-8-3-1-7(2-4-8)10-11-13-14-15-16(11)5-9(6-17)18-10/h1-4,9-10,17H,5-6H2/t9-,10-/m1/s1. The Morgan fingerprint density at radius 2 is 2.17 bits per heavy atom. The van der Waals surface area contributed by atoms with E-state index in [1.165, 1.54) is 0 Å². The Labute approximate surface area is 108 Å². The summed E-state index contributed by atoms with van der Waals surface area (Å²) < 4.78 is 7.45. The highest BCUT2D eigenvalue weighted by atomic mass is 35.5. The molecule has 18 heavy (non-hydrogen) atoms. The third kappa shape index (κ3) is 1.98. The van der Waals surface area contributed by atoms with Gasteiger partial charge in [0, 0.05) is 5.02 Å². The molecule has 2 aromatic rings. The van der Waals surface area contributed by atoms with Gasteiger partial charge in [-0.05, 0) is 28.1 Å². The van der Waals surface area contributed by atoms with Crippen LogP contribution in [0.15, 0.2) is 24.3 Å². The summed E-state index contributed by atoms with van der Waals surface area (Å²) in [5.74, 6) is 0.641. The van der Waals surface area contributed by atoms with Gasteiger partial charge in [0.05, 0.1) is 13.2 Å². The van der Waals surface area contributed by atoms with Crippen LogP contribution in [0.1, 0.15) is 17.5 Å². The molecule has 0 unspecified atom stereocenters. The molecule has 0 bridgehead atoms. The number of hydrogen-bond acceptors (Lipinski definition) is 5. The van der Waals surface area contributed by atoms with E-state index in [-0.39, 0.29) is 18.8 Å². The Morgan fingerprint density at radius 1 is 1.39 bits per heavy atom. The van der Waals surface area contributed by atoms with Gasteiger partial charge in [0.25, 0.3) is 0 Å². The van der Waals surface area contributed by atoms with Gasteiger partial charge in [-0.1, -0.05) is 23.7 Å². The molecule has 94 valence electrons. The van der Waals surface area contributed by atoms with Gasteiger partial charge in [0.1, 0.15) is 12.2 Å². The zero-order chi connectivity index (χ0) is 12.5. The minimum absolute atomic E-state index is 0.0661. The van der Waals surface area contributed by atoms with Crippen LogP contribution in [0.25, 0.3) is 0 Å². The third-order valence-electron chi connectivity index (χ3n) is 2.88. The number of tetrazole rings is 1. The number of fused-ring (bicyclic) bond motifs is 1. The van der Waals surface area contributed by atoms with Crippen LogP contribution in [0.2, 0.25) is 5.02 Å². The molecule has 1 aromatic carbocycles. The first kappa shape index (κ1) is 11.6. The first-order valence-corrected chi connectivity index (χ1v) is 5.93. The Hall–Kier alpha value is -1.50. The highest BCUT2D eigenvalue weighted by molar-refractivity contribution is 6.30. The zero-order valence-electron chi connectivity index (χ0n) is 9.40. The van der Waals surface area contributed by atoms with Crippen LogP contribution in [0.3, 0.4) is 0 Å². The average Bonchev–Trinajstić information content (AvgIpc) is 2.86. The van der Waals surface area contributed by atoms with Gasteiger partial charge in [-0.2, -0.15) is 0 Å². The summed E-state index contributed by atoms with van der Waals surface area (Å²) in [6.45, 7) is 0.395. The number of aliphatic hydroxyl groups excluding tert-OH is 1. The van der Waals surface area contributed by atoms with E-state index in [1.807, 2.05) is 12.1 Å². The highest BCUT2D eigenvalue weighted by Crippen LogP contribution is 2.30. The van der Waals surface area contributed by atoms with Crippen molar-refractivity contribution in [1.29, 1.82) is 0 Å². The molecule has 0 radical (unpaired) electrons. The van der Waals surface area contributed by atoms with Crippen molar-refractivity contribution in [2.45, 2.75) is 18.8 Å². The molecule has 1 N–H and O–H groups in total. The summed E-state index contributed by atoms with van der Waals surface area (Å²) in [5.41, 5.74) is 0.911. The second kappa shape index (κ2) is 4.64. The Bertz CT molecular complexity index is 542. The molecule has 2 heterocycles. The monoisotopic (exact) mass is 266 g/mol. The van der Waals surface area contributed by atoms with Crippen molar-refractivity contribution in [3.8, 4) is 0 Å². The molecule has 7 heteroatoms. The first-order chi connectivity index (χ1) is 8.78. The maximum atomic E-state index is 9.23. The first-order valence-electron chi connectivity index (χ1n) is 5.56. The van der Waals surface area contributed by atoms with Crippen molar-refractivity contribution >= 4 is 11.6 Å². The predicted octanol–water partition coefficient (Wildman–Crippen LogP) is 0.807. The van der Waals surface area contributed by atoms with Gasteiger partial charge in [-0.15, -0.1) is 5.10 Å². The summed E-state index contributed by atoms with van der Waals surface area (Å²) in [4.78, 5) is 0. The number of ether oxygens (including phenoxy) is 1. The van der Waals surface area contributed by atoms with Gasteiger partial charge in [-0.25, -0.2) is 4.68 Å². The molecule has 3 rings (SSSR count). The molecule has 1 aliphatic rings. The van der Waals surface area contributed by atoms with E-state index in [9.17, 15) is 5.11 Å². The quantitative estimate of drug-likeness (QED) is 0.871. The summed E-state index contributed by atoms with van der Waals surface area (Å²) >= 11 is 5.86. The molecule has 0 spiro atoms. The van der Waals surface area contributed by atoms with Gasteiger partial charge in [0.15, 0.2) is 5.82 Å². The fourth-order valence-corrected chi connectivity index (χ4v) is 2.11. The van der Waals surface area contributed by atoms with E-state index in [0.29, 0.717) is 17.4 Å². The normalized spacial score (nSPS) is 22.8. The number of hydrogen-bond donors (Lipinski definition) is 1. The summed E-state index contributed by atoms with van der Waals surface area (Å²) in [6, 6.07) is 7.31. The van der Waals surface area contributed by atoms with E-state index in [2.05, 4.69) is 15.5 Å². The van der Waals surface area contributed by atoms with Crippen LogP contribution in [-0.4, -0.2) is 38.0 Å². The maximum Gasteiger partial charge on any atom is 0.185 e. The van der Waals surface area contributed by atoms with Crippen LogP contribution in [0.4, 0.5) is 0 Å². The number of nitrogens with zero attached hydrogens (tertiary/aromatic N) is 4. The number of benzene rings is 1. The fourth-order valence-electron chi connectivity index (χ4n) is 1.98. The van der Waals surface area contributed by atoms with E-state index in [0.717, 1.165) is 5.56 Å². The number of halogens is 1. The van der Waals surface area contributed by atoms with E-state index >= 15 is 0 Å². The SMILES string of the molecule is OC[C@H]1Cn2nnnc2[C@@H](c2ccc(Cl)cc2)O1. The second-order valence-corrected chi connectivity index (χ2v) is 4.53. The maximum absolute atomic E-state index is 9.23. The molecule has 0 fully saturated rings. The highest BCUT2D eigenvalue weighted by Gasteiger charge is 2.31. The predicted molar refractivity (Wildman–Crippen MR) is 63.1 cm³/mol. The summed E-state index contributed by atoms with van der Waals surface area (Å²) in [6.07, 6.45) is -0.676. The lowest BCUT2D eigenvalue weighted by atomic mass is 10.1. The Morgan fingerprint density at radius 3 is 2.89 bits per heavy atom. The number of aromatic nitrogens is 4. The average molecular weight is 267 g/mol. The van der Waals surface area contributed by atoms with Gasteiger partial charge >= 0.3 is 0 Å². The largest absolute Gasteiger partial charge is 0.394 e. The van der Waals surface area contributed by atoms with E-state index in [4.69, 9.17) is 16.3 Å². The van der Waals surface area contributed by atoms with Gasteiger partial charge in [-0.3, -0.25) is 0 Å². The van der Waals surface area contributed by atoms with Crippen LogP contribution >= 0.6 is 11.6 Å². The molecular weight excluding hydrogens is 256 g/mol. The Kier molecular flexibility index (Phi) is 2.99. The van der Waals surface area contributed by atoms with Crippen LogP contribution in [0, 0.1) is 0 Å². The van der Waals surface area contributed by atoms with Crippen molar-refractivity contribution in [3.05, 3.63) is 40.7 Å². The van der Waals surface area contributed by atoms with E-state index < -0.39 is 0 Å². The van der Waals surface area contributed by atoms with Crippen LogP contribution in [-0.2, 0) is 11.3 Å². The molecule has 0 aliphatic carbocycles. The minimum atomic E-state index is -0.372. The number of aliphatic hydroxyl groups is 1. The van der Waals surface area contributed by atoms with Gasteiger partial charge in [0.2, 0.25) is 0 Å². The lowest BCUT2D eigenvalue weighted by molar-refractivity contribution is -0.0579. The van der Waals surface area contributed by atoms with E-state index in [1.54, 1.807) is 16.8 Å². The molecule has 0 saturated heterocycles. The van der Waals surface area contributed by atoms with Crippen molar-refractivity contribution in [2.75, 3.05) is 6.61 Å². The summed E-state index contributed by atoms with van der Waals surface area (Å²) in [7, 11) is 0. The minimum Gasteiger partial charge on any atom is -0.394 e. The lowest BCUT2D eigenvalue weighted by Crippen LogP contribution is -2.34. The zero-order valence-corrected chi connectivity index (χ0v) is 10.2. The molecule has 1 aliphatic heterocycles. The fraction of sp³-hybridized carbons (Fsp3) is 0.364. The van der Waals surface area contributed by atoms with Crippen LogP contribution in [0.5, 0.6) is 0 Å². The van der Waals surface area contributed by atoms with Crippen molar-refractivity contribution in [3.63, 3.8) is 0 Å². The van der Waals surface area contributed by atoms with Crippen molar-refractivity contribution < 1.29 is 9.84 Å². The smallest absolute Gasteiger partial charge is 0.185 e. The lowest BCUT2D eigenvalue weighted by Gasteiger charge is -2.28. The molecule has 0 saturated carbocycles. The molecule has 6 nitrogen and oxygen atoms in total. The van der Waals surface area contributed by atoms with Crippen LogP contribution < -0.4 is 0 Å². The van der Waals surface area contributed by atoms with Crippen molar-refractivity contribution in [1.82, 2.24) is 20.2 Å². The Balaban J connectivity index is 1.99. The third-order valence-corrected chi connectivity index (χ3v) is 3.13. The topological polar surface area (TPSA) is 73.1 Å². The summed E-state index contributed by atoms with van der Waals surface area (Å²) in [5, 5.41) is 21.4. The molecule has 1 aromatic heterocycles. The molecular formula is C11H11ClN4O2. The molecule has 0 amide bonds. The van der Waals surface area contributed by atoms with Gasteiger partial charge < -0.3 is 9.84 Å². The molecule has 2 atom stereocenters.